The Morgan fingerprint density at radius 2 is 2.00 bits per heavy atom. The van der Waals surface area contributed by atoms with Crippen LogP contribution in [-0.4, -0.2) is 27.8 Å². The molecule has 1 aromatic heterocycles. The topological polar surface area (TPSA) is 56.1 Å². The third kappa shape index (κ3) is 4.34. The van der Waals surface area contributed by atoms with Crippen molar-refractivity contribution in [3.63, 3.8) is 0 Å². The molecular formula is C21H23N3O2S. The summed E-state index contributed by atoms with van der Waals surface area (Å²) in [5, 5.41) is 3.42. The summed E-state index contributed by atoms with van der Waals surface area (Å²) in [4.78, 5) is 17.1. The fourth-order valence-electron chi connectivity index (χ4n) is 2.76. The zero-order chi connectivity index (χ0) is 19.4. The van der Waals surface area contributed by atoms with Crippen LogP contribution < -0.4 is 10.1 Å². The van der Waals surface area contributed by atoms with Gasteiger partial charge >= 0.3 is 0 Å². The Bertz CT molecular complexity index is 952. The molecule has 0 saturated carbocycles. The lowest BCUT2D eigenvalue weighted by Crippen LogP contribution is -2.23. The molecule has 0 radical (unpaired) electrons. The van der Waals surface area contributed by atoms with Gasteiger partial charge in [-0.15, -0.1) is 0 Å². The first-order chi connectivity index (χ1) is 13.0. The first kappa shape index (κ1) is 19.0. The Balaban J connectivity index is 1.76. The fraction of sp³-hybridized carbons (Fsp3) is 0.238. The van der Waals surface area contributed by atoms with Gasteiger partial charge in [-0.05, 0) is 50.1 Å². The van der Waals surface area contributed by atoms with Crippen LogP contribution in [0.25, 0.3) is 5.69 Å². The lowest BCUT2D eigenvalue weighted by molar-refractivity contribution is -0.115. The van der Waals surface area contributed by atoms with E-state index in [0.29, 0.717) is 11.4 Å². The zero-order valence-corrected chi connectivity index (χ0v) is 16.7. The lowest BCUT2D eigenvalue weighted by Gasteiger charge is -2.16. The van der Waals surface area contributed by atoms with E-state index in [4.69, 9.17) is 4.74 Å². The summed E-state index contributed by atoms with van der Waals surface area (Å²) in [7, 11) is 1.59. The average Bonchev–Trinajstić information content (AvgIpc) is 3.10. The molecule has 0 spiro atoms. The van der Waals surface area contributed by atoms with E-state index in [1.165, 1.54) is 11.8 Å². The number of para-hydroxylation sites is 1. The van der Waals surface area contributed by atoms with Crippen molar-refractivity contribution in [3.8, 4) is 11.4 Å². The molecule has 27 heavy (non-hydrogen) atoms. The lowest BCUT2D eigenvalue weighted by atomic mass is 10.2. The predicted octanol–water partition coefficient (Wildman–Crippen LogP) is 4.62. The number of aromatic nitrogens is 2. The van der Waals surface area contributed by atoms with Gasteiger partial charge in [0.1, 0.15) is 5.75 Å². The maximum atomic E-state index is 12.7. The van der Waals surface area contributed by atoms with Crippen molar-refractivity contribution in [2.45, 2.75) is 31.2 Å². The molecule has 1 heterocycles. The highest BCUT2D eigenvalue weighted by Gasteiger charge is 2.19. The minimum Gasteiger partial charge on any atom is -0.495 e. The van der Waals surface area contributed by atoms with Crippen LogP contribution in [0.3, 0.4) is 0 Å². The molecule has 1 N–H and O–H groups in total. The number of thioether (sulfide) groups is 1. The number of hydrogen-bond donors (Lipinski definition) is 1. The summed E-state index contributed by atoms with van der Waals surface area (Å²) in [5.74, 6) is 0.552. The van der Waals surface area contributed by atoms with Crippen molar-refractivity contribution in [2.75, 3.05) is 12.4 Å². The SMILES string of the molecule is COc1ccc(C)cc1NC(=O)C(C)Sc1nccn1-c1ccccc1C. The van der Waals surface area contributed by atoms with E-state index in [-0.39, 0.29) is 11.2 Å². The van der Waals surface area contributed by atoms with Crippen LogP contribution >= 0.6 is 11.8 Å². The summed E-state index contributed by atoms with van der Waals surface area (Å²) in [6.07, 6.45) is 3.67. The van der Waals surface area contributed by atoms with Crippen LogP contribution in [0.15, 0.2) is 60.0 Å². The maximum Gasteiger partial charge on any atom is 0.237 e. The zero-order valence-electron chi connectivity index (χ0n) is 15.9. The molecule has 0 aliphatic rings. The molecule has 1 atom stereocenters. The molecule has 140 valence electrons. The van der Waals surface area contributed by atoms with Crippen LogP contribution in [0.1, 0.15) is 18.1 Å². The van der Waals surface area contributed by atoms with Crippen LogP contribution in [0, 0.1) is 13.8 Å². The van der Waals surface area contributed by atoms with E-state index in [9.17, 15) is 4.79 Å². The number of amides is 1. The number of methoxy groups -OCH3 is 1. The number of hydrogen-bond acceptors (Lipinski definition) is 4. The van der Waals surface area contributed by atoms with Gasteiger partial charge in [0.15, 0.2) is 5.16 Å². The summed E-state index contributed by atoms with van der Waals surface area (Å²) in [6, 6.07) is 13.8. The van der Waals surface area contributed by atoms with Crippen LogP contribution in [0.4, 0.5) is 5.69 Å². The van der Waals surface area contributed by atoms with Gasteiger partial charge in [0.2, 0.25) is 5.91 Å². The van der Waals surface area contributed by atoms with Gasteiger partial charge in [0.25, 0.3) is 0 Å². The standard InChI is InChI=1S/C21H23N3O2S/c1-14-9-10-19(26-4)17(13-14)23-20(25)16(3)27-21-22-11-12-24(21)18-8-6-5-7-15(18)2/h5-13,16H,1-4H3,(H,23,25). The molecule has 0 bridgehead atoms. The molecular weight excluding hydrogens is 358 g/mol. The molecule has 6 heteroatoms. The Kier molecular flexibility index (Phi) is 5.86. The number of nitrogens with one attached hydrogen (secondary N) is 1. The Morgan fingerprint density at radius 1 is 1.22 bits per heavy atom. The average molecular weight is 382 g/mol. The number of nitrogens with zero attached hydrogens (tertiary/aromatic N) is 2. The molecule has 1 unspecified atom stereocenters. The number of anilines is 1. The van der Waals surface area contributed by atoms with Crippen molar-refractivity contribution in [2.24, 2.45) is 0 Å². The van der Waals surface area contributed by atoms with Crippen molar-refractivity contribution in [3.05, 3.63) is 66.0 Å². The monoisotopic (exact) mass is 381 g/mol. The molecule has 1 amide bonds. The van der Waals surface area contributed by atoms with E-state index in [1.807, 2.05) is 61.0 Å². The van der Waals surface area contributed by atoms with Crippen molar-refractivity contribution in [1.82, 2.24) is 9.55 Å². The third-order valence-electron chi connectivity index (χ3n) is 4.25. The molecule has 3 rings (SSSR count). The molecule has 5 nitrogen and oxygen atoms in total. The number of imidazole rings is 1. The minimum absolute atomic E-state index is 0.0942. The highest BCUT2D eigenvalue weighted by atomic mass is 32.2. The van der Waals surface area contributed by atoms with E-state index < -0.39 is 0 Å². The second kappa shape index (κ2) is 8.31. The van der Waals surface area contributed by atoms with Crippen molar-refractivity contribution >= 4 is 23.4 Å². The largest absolute Gasteiger partial charge is 0.495 e. The quantitative estimate of drug-likeness (QED) is 0.633. The molecule has 3 aromatic rings. The van der Waals surface area contributed by atoms with Gasteiger partial charge in [-0.3, -0.25) is 9.36 Å². The molecule has 0 aliphatic heterocycles. The second-order valence-corrected chi connectivity index (χ2v) is 7.63. The number of aryl methyl sites for hydroxylation is 2. The summed E-state index contributed by atoms with van der Waals surface area (Å²) in [6.45, 7) is 5.91. The number of rotatable bonds is 6. The number of carbonyl (C=O) groups is 1. The number of carbonyl (C=O) groups excluding carboxylic acids is 1. The van der Waals surface area contributed by atoms with E-state index in [2.05, 4.69) is 23.3 Å². The van der Waals surface area contributed by atoms with Gasteiger partial charge < -0.3 is 10.1 Å². The molecule has 2 aromatic carbocycles. The summed E-state index contributed by atoms with van der Waals surface area (Å²) >= 11 is 1.42. The van der Waals surface area contributed by atoms with Crippen molar-refractivity contribution in [1.29, 1.82) is 0 Å². The number of ether oxygens (including phenoxy) is 1. The minimum atomic E-state index is -0.319. The summed E-state index contributed by atoms with van der Waals surface area (Å²) in [5.41, 5.74) is 3.95. The highest BCUT2D eigenvalue weighted by molar-refractivity contribution is 8.00. The van der Waals surface area contributed by atoms with Crippen molar-refractivity contribution < 1.29 is 9.53 Å². The highest BCUT2D eigenvalue weighted by Crippen LogP contribution is 2.29. The van der Waals surface area contributed by atoms with Gasteiger partial charge in [-0.2, -0.15) is 0 Å². The normalized spacial score (nSPS) is 11.9. The first-order valence-electron chi connectivity index (χ1n) is 8.71. The van der Waals surface area contributed by atoms with Crippen LogP contribution in [0.5, 0.6) is 5.75 Å². The van der Waals surface area contributed by atoms with Gasteiger partial charge in [-0.25, -0.2) is 4.98 Å². The molecule has 0 saturated heterocycles. The Labute approximate surface area is 163 Å². The second-order valence-electron chi connectivity index (χ2n) is 6.32. The summed E-state index contributed by atoms with van der Waals surface area (Å²) < 4.78 is 7.35. The third-order valence-corrected chi connectivity index (χ3v) is 5.33. The maximum absolute atomic E-state index is 12.7. The predicted molar refractivity (Wildman–Crippen MR) is 110 cm³/mol. The van der Waals surface area contributed by atoms with E-state index in [1.54, 1.807) is 13.3 Å². The Hall–Kier alpha value is -2.73. The number of benzene rings is 2. The van der Waals surface area contributed by atoms with Crippen LogP contribution in [0.2, 0.25) is 0 Å². The van der Waals surface area contributed by atoms with Gasteiger partial charge in [0.05, 0.1) is 23.7 Å². The Morgan fingerprint density at radius 3 is 2.74 bits per heavy atom. The molecule has 0 fully saturated rings. The fourth-order valence-corrected chi connectivity index (χ4v) is 3.64. The smallest absolute Gasteiger partial charge is 0.237 e. The van der Waals surface area contributed by atoms with Crippen LogP contribution in [-0.2, 0) is 4.79 Å². The van der Waals surface area contributed by atoms with E-state index >= 15 is 0 Å². The first-order valence-corrected chi connectivity index (χ1v) is 9.59. The van der Waals surface area contributed by atoms with Gasteiger partial charge in [0, 0.05) is 12.4 Å². The van der Waals surface area contributed by atoms with Gasteiger partial charge in [-0.1, -0.05) is 36.0 Å². The van der Waals surface area contributed by atoms with E-state index in [0.717, 1.165) is 22.0 Å². The molecule has 0 aliphatic carbocycles.